The fraction of sp³-hybridized carbons (Fsp3) is 0.304. The molecule has 3 aromatic rings. The van der Waals surface area contributed by atoms with E-state index in [1.165, 1.54) is 12.1 Å². The number of halogens is 2. The van der Waals surface area contributed by atoms with Crippen LogP contribution in [0.5, 0.6) is 0 Å². The van der Waals surface area contributed by atoms with Gasteiger partial charge in [0, 0.05) is 55.1 Å². The zero-order chi connectivity index (χ0) is 21.4. The quantitative estimate of drug-likeness (QED) is 0.684. The summed E-state index contributed by atoms with van der Waals surface area (Å²) in [5.41, 5.74) is 3.75. The Bertz CT molecular complexity index is 1140. The molecule has 8 heteroatoms. The second kappa shape index (κ2) is 8.20. The van der Waals surface area contributed by atoms with Gasteiger partial charge in [-0.05, 0) is 41.0 Å². The minimum absolute atomic E-state index is 0.188. The average Bonchev–Trinajstić information content (AvgIpc) is 3.39. The Morgan fingerprint density at radius 1 is 1.00 bits per heavy atom. The normalized spacial score (nSPS) is 16.4. The largest absolute Gasteiger partial charge is 0.379 e. The van der Waals surface area contributed by atoms with Gasteiger partial charge in [-0.1, -0.05) is 0 Å². The zero-order valence-corrected chi connectivity index (χ0v) is 16.9. The Morgan fingerprint density at radius 3 is 2.65 bits per heavy atom. The van der Waals surface area contributed by atoms with Gasteiger partial charge in [-0.25, -0.2) is 8.78 Å². The number of hydrogen-bond donors (Lipinski definition) is 1. The number of fused-ring (bicyclic) bond motifs is 1. The monoisotopic (exact) mass is 424 g/mol. The van der Waals surface area contributed by atoms with Gasteiger partial charge in [0.05, 0.1) is 26.0 Å². The van der Waals surface area contributed by atoms with Crippen molar-refractivity contribution in [2.24, 2.45) is 0 Å². The predicted octanol–water partition coefficient (Wildman–Crippen LogP) is 3.07. The fourth-order valence-corrected chi connectivity index (χ4v) is 4.14. The van der Waals surface area contributed by atoms with Crippen LogP contribution in [0.2, 0.25) is 0 Å². The van der Waals surface area contributed by atoms with Gasteiger partial charge in [-0.2, -0.15) is 5.10 Å². The van der Waals surface area contributed by atoms with E-state index in [1.54, 1.807) is 12.3 Å². The van der Waals surface area contributed by atoms with Crippen LogP contribution >= 0.6 is 0 Å². The van der Waals surface area contributed by atoms with Crippen molar-refractivity contribution in [3.05, 3.63) is 65.5 Å². The molecule has 1 fully saturated rings. The lowest BCUT2D eigenvalue weighted by atomic mass is 9.91. The van der Waals surface area contributed by atoms with Crippen LogP contribution in [0.25, 0.3) is 22.3 Å². The van der Waals surface area contributed by atoms with Gasteiger partial charge in [-0.3, -0.25) is 14.4 Å². The summed E-state index contributed by atoms with van der Waals surface area (Å²) in [6.07, 6.45) is 3.67. The van der Waals surface area contributed by atoms with Crippen LogP contribution in [0.1, 0.15) is 15.9 Å². The third-order valence-corrected chi connectivity index (χ3v) is 5.84. The molecule has 0 unspecified atom stereocenters. The van der Waals surface area contributed by atoms with E-state index in [4.69, 9.17) is 4.74 Å². The second-order valence-corrected chi connectivity index (χ2v) is 7.81. The highest BCUT2D eigenvalue weighted by Crippen LogP contribution is 2.37. The van der Waals surface area contributed by atoms with E-state index in [0.29, 0.717) is 17.7 Å². The van der Waals surface area contributed by atoms with Crippen molar-refractivity contribution in [3.63, 3.8) is 0 Å². The minimum Gasteiger partial charge on any atom is -0.379 e. The molecule has 31 heavy (non-hydrogen) atoms. The smallest absolute Gasteiger partial charge is 0.251 e. The van der Waals surface area contributed by atoms with Gasteiger partial charge in [0.15, 0.2) is 0 Å². The molecule has 1 saturated heterocycles. The number of carbonyl (C=O) groups excluding carboxylic acids is 1. The first-order valence-corrected chi connectivity index (χ1v) is 10.3. The SMILES string of the molecule is O=C1NCc2cc(-c3cnn(CCN4CCOCC4)c3)c(-c3ccc(F)cc3F)cc21. The van der Waals surface area contributed by atoms with Crippen molar-refractivity contribution >= 4 is 5.91 Å². The Kier molecular flexibility index (Phi) is 5.25. The van der Waals surface area contributed by atoms with Crippen LogP contribution in [0.4, 0.5) is 8.78 Å². The first-order chi connectivity index (χ1) is 15.1. The molecule has 0 aliphatic carbocycles. The van der Waals surface area contributed by atoms with Crippen LogP contribution in [0.3, 0.4) is 0 Å². The highest BCUT2D eigenvalue weighted by molar-refractivity contribution is 6.01. The number of morpholine rings is 1. The molecule has 2 aliphatic heterocycles. The summed E-state index contributed by atoms with van der Waals surface area (Å²) < 4.78 is 35.4. The molecule has 0 bridgehead atoms. The summed E-state index contributed by atoms with van der Waals surface area (Å²) in [7, 11) is 0. The van der Waals surface area contributed by atoms with Crippen LogP contribution in [-0.2, 0) is 17.8 Å². The van der Waals surface area contributed by atoms with E-state index < -0.39 is 11.6 Å². The second-order valence-electron chi connectivity index (χ2n) is 7.81. The van der Waals surface area contributed by atoms with Crippen molar-refractivity contribution in [2.75, 3.05) is 32.8 Å². The summed E-state index contributed by atoms with van der Waals surface area (Å²) >= 11 is 0. The Balaban J connectivity index is 1.50. The first kappa shape index (κ1) is 19.8. The van der Waals surface area contributed by atoms with E-state index >= 15 is 0 Å². The number of rotatable bonds is 5. The number of nitrogens with zero attached hydrogens (tertiary/aromatic N) is 3. The molecule has 0 atom stereocenters. The molecular weight excluding hydrogens is 402 g/mol. The van der Waals surface area contributed by atoms with Crippen LogP contribution in [0.15, 0.2) is 42.7 Å². The summed E-state index contributed by atoms with van der Waals surface area (Å²) in [6, 6.07) is 7.08. The van der Waals surface area contributed by atoms with Crippen LogP contribution in [-0.4, -0.2) is 53.4 Å². The summed E-state index contributed by atoms with van der Waals surface area (Å²) in [4.78, 5) is 14.5. The maximum Gasteiger partial charge on any atom is 0.251 e. The zero-order valence-electron chi connectivity index (χ0n) is 16.9. The molecule has 1 aromatic heterocycles. The van der Waals surface area contributed by atoms with E-state index in [1.807, 2.05) is 16.9 Å². The van der Waals surface area contributed by atoms with Crippen molar-refractivity contribution in [2.45, 2.75) is 13.1 Å². The van der Waals surface area contributed by atoms with Crippen molar-refractivity contribution in [3.8, 4) is 22.3 Å². The molecule has 0 saturated carbocycles. The number of amides is 1. The number of aromatic nitrogens is 2. The number of hydrogen-bond acceptors (Lipinski definition) is 4. The van der Waals surface area contributed by atoms with E-state index in [2.05, 4.69) is 15.3 Å². The van der Waals surface area contributed by atoms with Gasteiger partial charge < -0.3 is 10.1 Å². The van der Waals surface area contributed by atoms with Gasteiger partial charge in [0.1, 0.15) is 11.6 Å². The average molecular weight is 424 g/mol. The Labute approximate surface area is 178 Å². The third kappa shape index (κ3) is 3.96. The first-order valence-electron chi connectivity index (χ1n) is 10.3. The van der Waals surface area contributed by atoms with Crippen LogP contribution < -0.4 is 5.32 Å². The lowest BCUT2D eigenvalue weighted by molar-refractivity contribution is 0.0360. The molecule has 2 aliphatic rings. The number of carbonyl (C=O) groups is 1. The number of ether oxygens (including phenoxy) is 1. The van der Waals surface area contributed by atoms with Gasteiger partial charge in [-0.15, -0.1) is 0 Å². The molecule has 6 nitrogen and oxygen atoms in total. The fourth-order valence-electron chi connectivity index (χ4n) is 4.14. The van der Waals surface area contributed by atoms with Crippen LogP contribution in [0, 0.1) is 11.6 Å². The van der Waals surface area contributed by atoms with E-state index in [0.717, 1.165) is 62.1 Å². The summed E-state index contributed by atoms with van der Waals surface area (Å²) in [5, 5.41) is 7.28. The highest BCUT2D eigenvalue weighted by Gasteiger charge is 2.24. The number of nitrogens with one attached hydrogen (secondary N) is 1. The Morgan fingerprint density at radius 2 is 1.84 bits per heavy atom. The molecule has 0 radical (unpaired) electrons. The predicted molar refractivity (Wildman–Crippen MR) is 111 cm³/mol. The van der Waals surface area contributed by atoms with Gasteiger partial charge in [0.25, 0.3) is 5.91 Å². The highest BCUT2D eigenvalue weighted by atomic mass is 19.1. The van der Waals surface area contributed by atoms with Gasteiger partial charge >= 0.3 is 0 Å². The topological polar surface area (TPSA) is 59.4 Å². The lowest BCUT2D eigenvalue weighted by Crippen LogP contribution is -2.38. The van der Waals surface area contributed by atoms with E-state index in [9.17, 15) is 13.6 Å². The molecule has 1 N–H and O–H groups in total. The number of benzene rings is 2. The maximum atomic E-state index is 14.6. The molecule has 3 heterocycles. The molecule has 1 amide bonds. The third-order valence-electron chi connectivity index (χ3n) is 5.84. The lowest BCUT2D eigenvalue weighted by Gasteiger charge is -2.26. The summed E-state index contributed by atoms with van der Waals surface area (Å²) in [6.45, 7) is 5.34. The summed E-state index contributed by atoms with van der Waals surface area (Å²) in [5.74, 6) is -1.50. The minimum atomic E-state index is -0.667. The van der Waals surface area contributed by atoms with Crippen molar-refractivity contribution in [1.82, 2.24) is 20.0 Å². The molecule has 160 valence electrons. The van der Waals surface area contributed by atoms with Crippen molar-refractivity contribution < 1.29 is 18.3 Å². The van der Waals surface area contributed by atoms with Gasteiger partial charge in [0.2, 0.25) is 0 Å². The molecule has 0 spiro atoms. The molecular formula is C23H22F2N4O2. The standard InChI is InChI=1S/C23H22F2N4O2/c24-17-1-2-18(22(25)10-17)21-11-20-15(12-26-23(20)30)9-19(21)16-13-27-29(14-16)4-3-28-5-7-31-8-6-28/h1-2,9-11,13-14H,3-8,12H2,(H,26,30). The Hall–Kier alpha value is -3.10. The maximum absolute atomic E-state index is 14.6. The van der Waals surface area contributed by atoms with E-state index in [-0.39, 0.29) is 11.5 Å². The molecule has 5 rings (SSSR count). The van der Waals surface area contributed by atoms with Crippen molar-refractivity contribution in [1.29, 1.82) is 0 Å². The molecule has 2 aromatic carbocycles.